The number of aromatic amines is 1. The number of carbonyl (C=O) groups excluding carboxylic acids is 2. The van der Waals surface area contributed by atoms with E-state index in [1.165, 1.54) is 0 Å². The predicted octanol–water partition coefficient (Wildman–Crippen LogP) is 4.21. The van der Waals surface area contributed by atoms with E-state index in [2.05, 4.69) is 4.98 Å². The van der Waals surface area contributed by atoms with Gasteiger partial charge in [0.15, 0.2) is 6.10 Å². The molecule has 1 N–H and O–H groups in total. The zero-order chi connectivity index (χ0) is 17.3. The second kappa shape index (κ2) is 6.32. The molecule has 0 aliphatic rings. The molecule has 0 aliphatic carbocycles. The fraction of sp³-hybridized carbons (Fsp3) is 0.200. The summed E-state index contributed by atoms with van der Waals surface area (Å²) in [6.45, 7) is 5.41. The lowest BCUT2D eigenvalue weighted by molar-refractivity contribution is 0.0320. The summed E-state index contributed by atoms with van der Waals surface area (Å²) >= 11 is 0. The average Bonchev–Trinajstić information content (AvgIpc) is 3.00. The summed E-state index contributed by atoms with van der Waals surface area (Å²) in [5, 5.41) is 0.786. The summed E-state index contributed by atoms with van der Waals surface area (Å²) in [6.07, 6.45) is 0.772. The topological polar surface area (TPSA) is 59.2 Å². The minimum atomic E-state index is -0.841. The molecule has 0 amide bonds. The van der Waals surface area contributed by atoms with E-state index in [1.807, 2.05) is 56.3 Å². The Morgan fingerprint density at radius 2 is 1.79 bits per heavy atom. The maximum Gasteiger partial charge on any atom is 0.341 e. The zero-order valence-electron chi connectivity index (χ0n) is 13.9. The number of hydrogen-bond donors (Lipinski definition) is 1. The van der Waals surface area contributed by atoms with E-state index in [-0.39, 0.29) is 5.78 Å². The highest BCUT2D eigenvalue weighted by Gasteiger charge is 2.23. The third-order valence-corrected chi connectivity index (χ3v) is 4.12. The number of nitrogens with one attached hydrogen (secondary N) is 1. The highest BCUT2D eigenvalue weighted by molar-refractivity contribution is 6.06. The maximum atomic E-state index is 12.6. The Labute approximate surface area is 140 Å². The van der Waals surface area contributed by atoms with Gasteiger partial charge in [-0.3, -0.25) is 4.79 Å². The number of para-hydroxylation sites is 1. The molecule has 0 unspecified atom stereocenters. The highest BCUT2D eigenvalue weighted by Crippen LogP contribution is 2.20. The number of hydrogen-bond acceptors (Lipinski definition) is 3. The number of benzene rings is 2. The Morgan fingerprint density at radius 3 is 2.58 bits per heavy atom. The molecule has 0 spiro atoms. The first-order valence-electron chi connectivity index (χ1n) is 7.86. The van der Waals surface area contributed by atoms with Crippen LogP contribution in [0.4, 0.5) is 0 Å². The van der Waals surface area contributed by atoms with E-state index >= 15 is 0 Å². The first kappa shape index (κ1) is 16.0. The Kier molecular flexibility index (Phi) is 4.21. The number of rotatable bonds is 4. The number of ether oxygens (including phenoxy) is 1. The summed E-state index contributed by atoms with van der Waals surface area (Å²) in [5.74, 6) is -0.692. The van der Waals surface area contributed by atoms with Gasteiger partial charge < -0.3 is 9.72 Å². The van der Waals surface area contributed by atoms with Crippen molar-refractivity contribution in [1.82, 2.24) is 4.98 Å². The van der Waals surface area contributed by atoms with E-state index < -0.39 is 12.1 Å². The predicted molar refractivity (Wildman–Crippen MR) is 93.4 cm³/mol. The Morgan fingerprint density at radius 1 is 1.04 bits per heavy atom. The lowest BCUT2D eigenvalue weighted by Gasteiger charge is -2.14. The Hall–Kier alpha value is -2.88. The third kappa shape index (κ3) is 2.95. The number of esters is 1. The van der Waals surface area contributed by atoms with Gasteiger partial charge in [-0.05, 0) is 38.5 Å². The van der Waals surface area contributed by atoms with Crippen molar-refractivity contribution in [3.63, 3.8) is 0 Å². The molecule has 0 saturated heterocycles. The number of carbonyl (C=O) groups is 2. The molecule has 122 valence electrons. The van der Waals surface area contributed by atoms with Crippen LogP contribution in [-0.4, -0.2) is 22.8 Å². The Bertz CT molecular complexity index is 924. The Balaban J connectivity index is 1.81. The van der Waals surface area contributed by atoms with Gasteiger partial charge in [-0.15, -0.1) is 0 Å². The zero-order valence-corrected chi connectivity index (χ0v) is 13.9. The summed E-state index contributed by atoms with van der Waals surface area (Å²) < 4.78 is 5.41. The molecule has 0 fully saturated rings. The van der Waals surface area contributed by atoms with Gasteiger partial charge in [-0.2, -0.15) is 0 Å². The van der Waals surface area contributed by atoms with Gasteiger partial charge in [-0.1, -0.05) is 35.9 Å². The molecule has 0 bridgehead atoms. The quantitative estimate of drug-likeness (QED) is 0.578. The van der Waals surface area contributed by atoms with Crippen molar-refractivity contribution < 1.29 is 14.3 Å². The third-order valence-electron chi connectivity index (χ3n) is 4.12. The second-order valence-electron chi connectivity index (χ2n) is 5.98. The largest absolute Gasteiger partial charge is 0.451 e. The molecule has 3 rings (SSSR count). The number of fused-ring (bicyclic) bond motifs is 1. The van der Waals surface area contributed by atoms with Crippen LogP contribution in [0.15, 0.2) is 48.7 Å². The van der Waals surface area contributed by atoms with Crippen LogP contribution in [0.3, 0.4) is 0 Å². The van der Waals surface area contributed by atoms with Crippen molar-refractivity contribution in [3.8, 4) is 0 Å². The molecule has 1 aromatic heterocycles. The molecule has 0 saturated carbocycles. The number of aryl methyl sites for hydroxylation is 2. The van der Waals surface area contributed by atoms with Gasteiger partial charge in [0, 0.05) is 22.7 Å². The van der Waals surface area contributed by atoms with Crippen LogP contribution < -0.4 is 0 Å². The number of aromatic nitrogens is 1. The molecule has 1 atom stereocenters. The van der Waals surface area contributed by atoms with Gasteiger partial charge in [0.25, 0.3) is 0 Å². The van der Waals surface area contributed by atoms with Crippen molar-refractivity contribution in [2.45, 2.75) is 26.9 Å². The van der Waals surface area contributed by atoms with Gasteiger partial charge in [0.2, 0.25) is 5.78 Å². The smallest absolute Gasteiger partial charge is 0.341 e. The molecule has 24 heavy (non-hydrogen) atoms. The average molecular weight is 321 g/mol. The van der Waals surface area contributed by atoms with Crippen LogP contribution in [-0.2, 0) is 4.74 Å². The van der Waals surface area contributed by atoms with Gasteiger partial charge >= 0.3 is 5.97 Å². The van der Waals surface area contributed by atoms with Crippen molar-refractivity contribution in [2.75, 3.05) is 0 Å². The molecule has 1 heterocycles. The van der Waals surface area contributed by atoms with Crippen LogP contribution in [0.25, 0.3) is 10.9 Å². The highest BCUT2D eigenvalue weighted by atomic mass is 16.5. The first-order chi connectivity index (χ1) is 11.5. The van der Waals surface area contributed by atoms with E-state index in [9.17, 15) is 9.59 Å². The van der Waals surface area contributed by atoms with Crippen molar-refractivity contribution in [2.24, 2.45) is 0 Å². The number of H-pyrrole nitrogens is 1. The van der Waals surface area contributed by atoms with Gasteiger partial charge in [-0.25, -0.2) is 4.79 Å². The van der Waals surface area contributed by atoms with Crippen LogP contribution >= 0.6 is 0 Å². The minimum absolute atomic E-state index is 0.190. The van der Waals surface area contributed by atoms with Crippen molar-refractivity contribution in [1.29, 1.82) is 0 Å². The molecule has 4 heteroatoms. The maximum absolute atomic E-state index is 12.6. The summed E-state index contributed by atoms with van der Waals surface area (Å²) in [7, 11) is 0. The van der Waals surface area contributed by atoms with Gasteiger partial charge in [0.1, 0.15) is 0 Å². The molecular formula is C20H19NO3. The summed E-state index contributed by atoms with van der Waals surface area (Å²) in [5.41, 5.74) is 3.76. The van der Waals surface area contributed by atoms with Crippen LogP contribution in [0.1, 0.15) is 38.8 Å². The molecular weight excluding hydrogens is 302 g/mol. The molecule has 3 aromatic rings. The monoisotopic (exact) mass is 321 g/mol. The lowest BCUT2D eigenvalue weighted by atomic mass is 9.99. The van der Waals surface area contributed by atoms with E-state index in [0.29, 0.717) is 11.1 Å². The fourth-order valence-electron chi connectivity index (χ4n) is 2.74. The normalized spacial score (nSPS) is 12.1. The second-order valence-corrected chi connectivity index (χ2v) is 5.98. The van der Waals surface area contributed by atoms with Crippen molar-refractivity contribution in [3.05, 3.63) is 70.9 Å². The lowest BCUT2D eigenvalue weighted by Crippen LogP contribution is -2.25. The van der Waals surface area contributed by atoms with Crippen LogP contribution in [0, 0.1) is 13.8 Å². The summed E-state index contributed by atoms with van der Waals surface area (Å²) in [6, 6.07) is 13.2. The van der Waals surface area contributed by atoms with Crippen LogP contribution in [0.2, 0.25) is 0 Å². The number of Topliss-reactive ketones (excluding diaryl/α,β-unsaturated/α-hetero) is 1. The number of ketones is 1. The standard InChI is InChI=1S/C20H19NO3/c1-12-8-9-13(2)16(10-12)19(22)14(3)24-20(23)17-11-21-18-7-5-4-6-15(17)18/h4-11,14,21H,1-3H3/t14-/m0/s1. The van der Waals surface area contributed by atoms with Gasteiger partial charge in [0.05, 0.1) is 5.56 Å². The molecule has 4 nitrogen and oxygen atoms in total. The van der Waals surface area contributed by atoms with Crippen molar-refractivity contribution >= 4 is 22.7 Å². The minimum Gasteiger partial charge on any atom is -0.451 e. The molecule has 2 aromatic carbocycles. The van der Waals surface area contributed by atoms with E-state index in [0.717, 1.165) is 22.0 Å². The fourth-order valence-corrected chi connectivity index (χ4v) is 2.74. The van der Waals surface area contributed by atoms with E-state index in [1.54, 1.807) is 13.1 Å². The molecule has 0 radical (unpaired) electrons. The first-order valence-corrected chi connectivity index (χ1v) is 7.86. The van der Waals surface area contributed by atoms with E-state index in [4.69, 9.17) is 4.74 Å². The molecule has 0 aliphatic heterocycles. The SMILES string of the molecule is Cc1ccc(C)c(C(=O)[C@H](C)OC(=O)c2c[nH]c3ccccc23)c1. The summed E-state index contributed by atoms with van der Waals surface area (Å²) in [4.78, 5) is 28.1. The van der Waals surface area contributed by atoms with Crippen LogP contribution in [0.5, 0.6) is 0 Å².